The molecule has 0 radical (unpaired) electrons. The van der Waals surface area contributed by atoms with Gasteiger partial charge < -0.3 is 4.90 Å². The van der Waals surface area contributed by atoms with Crippen LogP contribution in [0.5, 0.6) is 0 Å². The van der Waals surface area contributed by atoms with Crippen LogP contribution in [-0.4, -0.2) is 63.4 Å². The maximum Gasteiger partial charge on any atom is 0.264 e. The van der Waals surface area contributed by atoms with Crippen LogP contribution in [0.3, 0.4) is 0 Å². The lowest BCUT2D eigenvalue weighted by molar-refractivity contribution is -0.131. The first kappa shape index (κ1) is 25.9. The predicted octanol–water partition coefficient (Wildman–Crippen LogP) is 4.70. The standard InChI is InChI=1S/C28H30ClN3O3S/c1-23-13-15-25(16-14-23)36(34,35)32(27-12-6-5-11-26(27)29)22-28(33)31-20-18-30(19-21-31)17-7-10-24-8-3-2-4-9-24/h2-16H,17-22H2,1H3/b10-7+. The van der Waals surface area contributed by atoms with Gasteiger partial charge in [-0.2, -0.15) is 0 Å². The fraction of sp³-hybridized carbons (Fsp3) is 0.250. The molecule has 1 amide bonds. The average Bonchev–Trinajstić information content (AvgIpc) is 2.89. The summed E-state index contributed by atoms with van der Waals surface area (Å²) in [7, 11) is -3.99. The van der Waals surface area contributed by atoms with Crippen LogP contribution in [0.25, 0.3) is 6.08 Å². The second-order valence-corrected chi connectivity index (χ2v) is 11.0. The number of carbonyl (C=O) groups excluding carboxylic acids is 1. The molecule has 8 heteroatoms. The molecule has 0 N–H and O–H groups in total. The van der Waals surface area contributed by atoms with Gasteiger partial charge in [0.05, 0.1) is 15.6 Å². The number of aryl methyl sites for hydroxylation is 1. The van der Waals surface area contributed by atoms with Gasteiger partial charge in [0.15, 0.2) is 0 Å². The van der Waals surface area contributed by atoms with Gasteiger partial charge in [-0.15, -0.1) is 0 Å². The predicted molar refractivity (Wildman–Crippen MR) is 146 cm³/mol. The monoisotopic (exact) mass is 523 g/mol. The highest BCUT2D eigenvalue weighted by Gasteiger charge is 2.31. The van der Waals surface area contributed by atoms with Gasteiger partial charge in [-0.3, -0.25) is 14.0 Å². The minimum Gasteiger partial charge on any atom is -0.339 e. The number of halogens is 1. The molecule has 0 bridgehead atoms. The third-order valence-electron chi connectivity index (χ3n) is 6.21. The Kier molecular flexibility index (Phi) is 8.46. The molecule has 0 atom stereocenters. The second-order valence-electron chi connectivity index (χ2n) is 8.77. The molecule has 0 saturated carbocycles. The van der Waals surface area contributed by atoms with Crippen LogP contribution < -0.4 is 4.31 Å². The molecule has 1 aliphatic rings. The molecule has 1 saturated heterocycles. The number of anilines is 1. The Morgan fingerprint density at radius 1 is 0.917 bits per heavy atom. The maximum atomic E-state index is 13.6. The number of benzene rings is 3. The molecule has 1 fully saturated rings. The number of sulfonamides is 1. The largest absolute Gasteiger partial charge is 0.339 e. The van der Waals surface area contributed by atoms with Gasteiger partial charge in [0.2, 0.25) is 5.91 Å². The van der Waals surface area contributed by atoms with E-state index in [2.05, 4.69) is 29.2 Å². The molecule has 188 valence electrons. The summed E-state index contributed by atoms with van der Waals surface area (Å²) in [6, 6.07) is 23.4. The van der Waals surface area contributed by atoms with Gasteiger partial charge >= 0.3 is 0 Å². The van der Waals surface area contributed by atoms with E-state index in [1.165, 1.54) is 0 Å². The number of nitrogens with zero attached hydrogens (tertiary/aromatic N) is 3. The highest BCUT2D eigenvalue weighted by Crippen LogP contribution is 2.30. The smallest absolute Gasteiger partial charge is 0.264 e. The minimum absolute atomic E-state index is 0.121. The number of carbonyl (C=O) groups is 1. The van der Waals surface area contributed by atoms with E-state index in [0.29, 0.717) is 13.1 Å². The summed E-state index contributed by atoms with van der Waals surface area (Å²) in [5, 5.41) is 0.274. The van der Waals surface area contributed by atoms with Crippen LogP contribution in [-0.2, 0) is 14.8 Å². The zero-order chi connectivity index (χ0) is 25.5. The van der Waals surface area contributed by atoms with E-state index in [9.17, 15) is 13.2 Å². The van der Waals surface area contributed by atoms with E-state index >= 15 is 0 Å². The number of hydrogen-bond acceptors (Lipinski definition) is 4. The van der Waals surface area contributed by atoms with Crippen molar-refractivity contribution in [2.24, 2.45) is 0 Å². The summed E-state index contributed by atoms with van der Waals surface area (Å²) < 4.78 is 28.3. The summed E-state index contributed by atoms with van der Waals surface area (Å²) in [6.07, 6.45) is 4.22. The van der Waals surface area contributed by atoms with Crippen molar-refractivity contribution in [3.8, 4) is 0 Å². The van der Waals surface area contributed by atoms with Crippen molar-refractivity contribution >= 4 is 39.3 Å². The van der Waals surface area contributed by atoms with Crippen molar-refractivity contribution in [2.45, 2.75) is 11.8 Å². The molecule has 1 aliphatic heterocycles. The lowest BCUT2D eigenvalue weighted by atomic mass is 10.2. The maximum absolute atomic E-state index is 13.6. The molecule has 0 aromatic heterocycles. The number of rotatable bonds is 8. The van der Waals surface area contributed by atoms with E-state index in [-0.39, 0.29) is 28.1 Å². The van der Waals surface area contributed by atoms with E-state index in [1.807, 2.05) is 25.1 Å². The quantitative estimate of drug-likeness (QED) is 0.429. The fourth-order valence-electron chi connectivity index (χ4n) is 4.10. The summed E-state index contributed by atoms with van der Waals surface area (Å²) >= 11 is 6.37. The Morgan fingerprint density at radius 3 is 2.22 bits per heavy atom. The molecular weight excluding hydrogens is 494 g/mol. The van der Waals surface area contributed by atoms with Gasteiger partial charge in [-0.1, -0.05) is 83.9 Å². The topological polar surface area (TPSA) is 60.9 Å². The van der Waals surface area contributed by atoms with Gasteiger partial charge in [0.25, 0.3) is 10.0 Å². The zero-order valence-electron chi connectivity index (χ0n) is 20.3. The van der Waals surface area contributed by atoms with Crippen LogP contribution in [0, 0.1) is 6.92 Å². The minimum atomic E-state index is -3.99. The molecule has 0 aliphatic carbocycles. The molecule has 36 heavy (non-hydrogen) atoms. The van der Waals surface area contributed by atoms with Crippen molar-refractivity contribution in [2.75, 3.05) is 43.6 Å². The normalized spacial score (nSPS) is 14.8. The third kappa shape index (κ3) is 6.35. The van der Waals surface area contributed by atoms with E-state index in [0.717, 1.165) is 35.1 Å². The summed E-state index contributed by atoms with van der Waals surface area (Å²) in [5.74, 6) is -0.245. The zero-order valence-corrected chi connectivity index (χ0v) is 21.8. The van der Waals surface area contributed by atoms with Crippen molar-refractivity contribution in [3.63, 3.8) is 0 Å². The summed E-state index contributed by atoms with van der Waals surface area (Å²) in [5.41, 5.74) is 2.39. The van der Waals surface area contributed by atoms with Gasteiger partial charge in [0.1, 0.15) is 6.54 Å². The molecule has 6 nitrogen and oxygen atoms in total. The molecule has 3 aromatic carbocycles. The molecule has 3 aromatic rings. The van der Waals surface area contributed by atoms with Gasteiger partial charge in [0, 0.05) is 32.7 Å². The van der Waals surface area contributed by atoms with Crippen molar-refractivity contribution in [3.05, 3.63) is 101 Å². The summed E-state index contributed by atoms with van der Waals surface area (Å²) in [6.45, 7) is 4.91. The Bertz CT molecular complexity index is 1300. The first-order chi connectivity index (χ1) is 17.3. The second kappa shape index (κ2) is 11.7. The molecule has 0 spiro atoms. The van der Waals surface area contributed by atoms with Crippen LogP contribution in [0.4, 0.5) is 5.69 Å². The van der Waals surface area contributed by atoms with Gasteiger partial charge in [-0.25, -0.2) is 8.42 Å². The Morgan fingerprint density at radius 2 is 1.56 bits per heavy atom. The van der Waals surface area contributed by atoms with Crippen molar-refractivity contribution in [1.29, 1.82) is 0 Å². The number of hydrogen-bond donors (Lipinski definition) is 0. The van der Waals surface area contributed by atoms with E-state index in [4.69, 9.17) is 11.6 Å². The van der Waals surface area contributed by atoms with Crippen molar-refractivity contribution < 1.29 is 13.2 Å². The number of piperazine rings is 1. The first-order valence-corrected chi connectivity index (χ1v) is 13.7. The van der Waals surface area contributed by atoms with Crippen LogP contribution in [0.1, 0.15) is 11.1 Å². The number of amides is 1. The van der Waals surface area contributed by atoms with Crippen molar-refractivity contribution in [1.82, 2.24) is 9.80 Å². The Balaban J connectivity index is 1.44. The Labute approximate surface area is 218 Å². The lowest BCUT2D eigenvalue weighted by Crippen LogP contribution is -2.51. The third-order valence-corrected chi connectivity index (χ3v) is 8.30. The summed E-state index contributed by atoms with van der Waals surface area (Å²) in [4.78, 5) is 17.4. The highest BCUT2D eigenvalue weighted by molar-refractivity contribution is 7.92. The van der Waals surface area contributed by atoms with Crippen LogP contribution in [0.2, 0.25) is 5.02 Å². The SMILES string of the molecule is Cc1ccc(S(=O)(=O)N(CC(=O)N2CCN(C/C=C/c3ccccc3)CC2)c2ccccc2Cl)cc1. The highest BCUT2D eigenvalue weighted by atomic mass is 35.5. The Hall–Kier alpha value is -3.13. The van der Waals surface area contributed by atoms with Gasteiger partial charge in [-0.05, 0) is 36.8 Å². The van der Waals surface area contributed by atoms with Crippen LogP contribution >= 0.6 is 11.6 Å². The molecule has 0 unspecified atom stereocenters. The van der Waals surface area contributed by atoms with Crippen LogP contribution in [0.15, 0.2) is 89.8 Å². The molecular formula is C28H30ClN3O3S. The fourth-order valence-corrected chi connectivity index (χ4v) is 5.82. The first-order valence-electron chi connectivity index (χ1n) is 11.9. The molecule has 1 heterocycles. The lowest BCUT2D eigenvalue weighted by Gasteiger charge is -2.35. The average molecular weight is 524 g/mol. The van der Waals surface area contributed by atoms with E-state index in [1.54, 1.807) is 53.4 Å². The molecule has 4 rings (SSSR count). The van der Waals surface area contributed by atoms with E-state index < -0.39 is 10.0 Å². The number of para-hydroxylation sites is 1.